The lowest BCUT2D eigenvalue weighted by molar-refractivity contribution is -0.00179. The molecule has 1 fully saturated rings. The van der Waals surface area contributed by atoms with Gasteiger partial charge in [0, 0.05) is 12.2 Å². The third-order valence-corrected chi connectivity index (χ3v) is 2.47. The Balaban J connectivity index is 2.18. The number of hydrogen-bond donors (Lipinski definition) is 1. The van der Waals surface area contributed by atoms with Crippen LogP contribution in [0.1, 0.15) is 36.7 Å². The highest BCUT2D eigenvalue weighted by molar-refractivity contribution is 5.39. The van der Waals surface area contributed by atoms with Gasteiger partial charge < -0.3 is 15.0 Å². The van der Waals surface area contributed by atoms with E-state index in [1.807, 2.05) is 6.92 Å². The van der Waals surface area contributed by atoms with Crippen LogP contribution in [0.25, 0.3) is 0 Å². The van der Waals surface area contributed by atoms with E-state index in [9.17, 15) is 0 Å². The molecule has 13 heavy (non-hydrogen) atoms. The van der Waals surface area contributed by atoms with Crippen LogP contribution in [0.3, 0.4) is 0 Å². The van der Waals surface area contributed by atoms with Crippen LogP contribution in [-0.4, -0.2) is 11.8 Å². The fourth-order valence-corrected chi connectivity index (χ4v) is 1.61. The maximum absolute atomic E-state index is 5.59. The largest absolute Gasteiger partial charge is 0.381 e. The summed E-state index contributed by atoms with van der Waals surface area (Å²) in [6.07, 6.45) is 3.40. The Labute approximate surface area is 77.0 Å². The zero-order valence-corrected chi connectivity index (χ0v) is 7.75. The molecule has 1 aliphatic rings. The quantitative estimate of drug-likeness (QED) is 0.719. The van der Waals surface area contributed by atoms with Crippen molar-refractivity contribution in [3.05, 3.63) is 11.3 Å². The Morgan fingerprint density at radius 2 is 2.31 bits per heavy atom. The van der Waals surface area contributed by atoms with E-state index in [2.05, 4.69) is 5.16 Å². The van der Waals surface area contributed by atoms with Gasteiger partial charge in [-0.3, -0.25) is 0 Å². The van der Waals surface area contributed by atoms with Crippen molar-refractivity contribution in [3.63, 3.8) is 0 Å². The van der Waals surface area contributed by atoms with Crippen molar-refractivity contribution in [2.45, 2.75) is 32.3 Å². The van der Waals surface area contributed by atoms with Crippen LogP contribution in [0.4, 0.5) is 5.82 Å². The predicted molar refractivity (Wildman–Crippen MR) is 48.2 cm³/mol. The summed E-state index contributed by atoms with van der Waals surface area (Å²) in [7, 11) is 0. The van der Waals surface area contributed by atoms with E-state index in [4.69, 9.17) is 15.0 Å². The number of nitrogens with zero attached hydrogens (tertiary/aromatic N) is 1. The second kappa shape index (κ2) is 3.38. The third-order valence-electron chi connectivity index (χ3n) is 2.47. The number of rotatable bonds is 1. The predicted octanol–water partition coefficient (Wildman–Crippen LogP) is 1.81. The van der Waals surface area contributed by atoms with E-state index >= 15 is 0 Å². The van der Waals surface area contributed by atoms with Crippen LogP contribution in [0, 0.1) is 6.92 Å². The molecule has 4 heteroatoms. The van der Waals surface area contributed by atoms with Crippen molar-refractivity contribution in [2.24, 2.45) is 0 Å². The van der Waals surface area contributed by atoms with E-state index in [1.165, 1.54) is 6.42 Å². The summed E-state index contributed by atoms with van der Waals surface area (Å²) in [6.45, 7) is 2.73. The molecule has 4 nitrogen and oxygen atoms in total. The van der Waals surface area contributed by atoms with Gasteiger partial charge in [0.15, 0.2) is 11.6 Å². The van der Waals surface area contributed by atoms with Crippen LogP contribution in [0.5, 0.6) is 0 Å². The number of nitrogens with two attached hydrogens (primary N) is 1. The maximum atomic E-state index is 5.59. The molecule has 0 aliphatic carbocycles. The zero-order valence-electron chi connectivity index (χ0n) is 7.75. The number of nitrogen functional groups attached to an aromatic ring is 1. The summed E-state index contributed by atoms with van der Waals surface area (Å²) in [4.78, 5) is 0. The summed E-state index contributed by atoms with van der Waals surface area (Å²) < 4.78 is 10.7. The van der Waals surface area contributed by atoms with Crippen molar-refractivity contribution in [1.82, 2.24) is 5.16 Å². The van der Waals surface area contributed by atoms with Gasteiger partial charge in [0.1, 0.15) is 6.10 Å². The first-order valence-corrected chi connectivity index (χ1v) is 4.62. The van der Waals surface area contributed by atoms with Gasteiger partial charge in [0.05, 0.1) is 0 Å². The molecule has 0 spiro atoms. The highest BCUT2D eigenvalue weighted by Crippen LogP contribution is 2.31. The summed E-state index contributed by atoms with van der Waals surface area (Å²) in [5, 5.41) is 3.71. The number of aromatic nitrogens is 1. The van der Waals surface area contributed by atoms with Crippen LogP contribution >= 0.6 is 0 Å². The standard InChI is InChI=1S/C9H14N2O2/c1-6-8(13-11-9(6)10)7-4-2-3-5-12-7/h7H,2-5H2,1H3,(H2,10,11). The van der Waals surface area contributed by atoms with Crippen molar-refractivity contribution < 1.29 is 9.26 Å². The average molecular weight is 182 g/mol. The highest BCUT2D eigenvalue weighted by atomic mass is 16.5. The van der Waals surface area contributed by atoms with Crippen molar-refractivity contribution in [2.75, 3.05) is 12.3 Å². The van der Waals surface area contributed by atoms with Crippen molar-refractivity contribution >= 4 is 5.82 Å². The minimum Gasteiger partial charge on any atom is -0.381 e. The Bertz CT molecular complexity index is 290. The van der Waals surface area contributed by atoms with Crippen molar-refractivity contribution in [3.8, 4) is 0 Å². The molecule has 0 bridgehead atoms. The molecule has 2 heterocycles. The van der Waals surface area contributed by atoms with E-state index in [0.29, 0.717) is 5.82 Å². The minimum atomic E-state index is 0.0681. The molecule has 1 aliphatic heterocycles. The van der Waals surface area contributed by atoms with E-state index in [1.54, 1.807) is 0 Å². The second-order valence-electron chi connectivity index (χ2n) is 3.41. The molecule has 0 radical (unpaired) electrons. The highest BCUT2D eigenvalue weighted by Gasteiger charge is 2.23. The van der Waals surface area contributed by atoms with Gasteiger partial charge >= 0.3 is 0 Å². The molecule has 1 saturated heterocycles. The van der Waals surface area contributed by atoms with Gasteiger partial charge in [-0.15, -0.1) is 0 Å². The number of ether oxygens (including phenoxy) is 1. The first kappa shape index (κ1) is 8.56. The molecule has 0 amide bonds. The lowest BCUT2D eigenvalue weighted by atomic mass is 10.0. The monoisotopic (exact) mass is 182 g/mol. The molecular formula is C9H14N2O2. The van der Waals surface area contributed by atoms with E-state index in [0.717, 1.165) is 30.8 Å². The van der Waals surface area contributed by atoms with Gasteiger partial charge in [-0.05, 0) is 26.2 Å². The van der Waals surface area contributed by atoms with E-state index < -0.39 is 0 Å². The molecule has 2 N–H and O–H groups in total. The SMILES string of the molecule is Cc1c(N)noc1C1CCCCO1. The molecular weight excluding hydrogens is 168 g/mol. The van der Waals surface area contributed by atoms with Gasteiger partial charge in [-0.1, -0.05) is 5.16 Å². The Kier molecular flexibility index (Phi) is 2.22. The van der Waals surface area contributed by atoms with Crippen LogP contribution < -0.4 is 5.73 Å². The maximum Gasteiger partial charge on any atom is 0.170 e. The van der Waals surface area contributed by atoms with Gasteiger partial charge in [-0.25, -0.2) is 0 Å². The first-order chi connectivity index (χ1) is 6.29. The summed E-state index contributed by atoms with van der Waals surface area (Å²) in [5.74, 6) is 1.28. The number of hydrogen-bond acceptors (Lipinski definition) is 4. The van der Waals surface area contributed by atoms with Gasteiger partial charge in [0.2, 0.25) is 0 Å². The normalized spacial score (nSPS) is 23.3. The Morgan fingerprint density at radius 3 is 2.85 bits per heavy atom. The average Bonchev–Trinajstić information content (AvgIpc) is 2.49. The molecule has 2 rings (SSSR count). The molecule has 72 valence electrons. The zero-order chi connectivity index (χ0) is 9.26. The fourth-order valence-electron chi connectivity index (χ4n) is 1.61. The van der Waals surface area contributed by atoms with Crippen LogP contribution in [-0.2, 0) is 4.74 Å². The van der Waals surface area contributed by atoms with Crippen LogP contribution in [0.2, 0.25) is 0 Å². The molecule has 1 aromatic heterocycles. The summed E-state index contributed by atoms with van der Waals surface area (Å²) in [5.41, 5.74) is 6.51. The van der Waals surface area contributed by atoms with Gasteiger partial charge in [-0.2, -0.15) is 0 Å². The molecule has 0 aromatic carbocycles. The molecule has 1 atom stereocenters. The second-order valence-corrected chi connectivity index (χ2v) is 3.41. The lowest BCUT2D eigenvalue weighted by Crippen LogP contribution is -2.11. The lowest BCUT2D eigenvalue weighted by Gasteiger charge is -2.20. The fraction of sp³-hybridized carbons (Fsp3) is 0.667. The molecule has 1 aromatic rings. The topological polar surface area (TPSA) is 61.3 Å². The Morgan fingerprint density at radius 1 is 1.46 bits per heavy atom. The minimum absolute atomic E-state index is 0.0681. The van der Waals surface area contributed by atoms with E-state index in [-0.39, 0.29) is 6.10 Å². The van der Waals surface area contributed by atoms with Gasteiger partial charge in [0.25, 0.3) is 0 Å². The van der Waals surface area contributed by atoms with Crippen LogP contribution in [0.15, 0.2) is 4.52 Å². The third kappa shape index (κ3) is 1.54. The smallest absolute Gasteiger partial charge is 0.170 e. The molecule has 0 saturated carbocycles. The first-order valence-electron chi connectivity index (χ1n) is 4.62. The summed E-state index contributed by atoms with van der Waals surface area (Å²) in [6, 6.07) is 0. The molecule has 1 unspecified atom stereocenters. The Hall–Kier alpha value is -1.03. The summed E-state index contributed by atoms with van der Waals surface area (Å²) >= 11 is 0. The number of anilines is 1. The van der Waals surface area contributed by atoms with Crippen molar-refractivity contribution in [1.29, 1.82) is 0 Å².